The zero-order valence-electron chi connectivity index (χ0n) is 19.3. The summed E-state index contributed by atoms with van der Waals surface area (Å²) < 4.78 is 5.92. The van der Waals surface area contributed by atoms with Crippen LogP contribution in [0.5, 0.6) is 0 Å². The highest BCUT2D eigenvalue weighted by Gasteiger charge is 2.24. The number of benzene rings is 3. The number of nitrogens with zero attached hydrogens (tertiary/aromatic N) is 2. The Hall–Kier alpha value is -3.11. The minimum absolute atomic E-state index is 0.0709. The lowest BCUT2D eigenvalue weighted by molar-refractivity contribution is 0.0549. The maximum absolute atomic E-state index is 12.8. The first kappa shape index (κ1) is 23.1. The number of hydrogen-bond donors (Lipinski definition) is 0. The molecule has 0 aromatic heterocycles. The zero-order chi connectivity index (χ0) is 22.7. The number of ether oxygens (including phenoxy) is 1. The summed E-state index contributed by atoms with van der Waals surface area (Å²) in [6.45, 7) is 3.59. The smallest absolute Gasteiger partial charge is 0.409 e. The second kappa shape index (κ2) is 12.2. The lowest BCUT2D eigenvalue weighted by Gasteiger charge is -2.33. The van der Waals surface area contributed by atoms with E-state index in [9.17, 15) is 4.79 Å². The average Bonchev–Trinajstić information content (AvgIpc) is 2.88. The Labute approximate surface area is 197 Å². The van der Waals surface area contributed by atoms with Crippen LogP contribution >= 0.6 is 0 Å². The Morgan fingerprint density at radius 1 is 0.727 bits per heavy atom. The predicted molar refractivity (Wildman–Crippen MR) is 133 cm³/mol. The molecule has 1 atom stereocenters. The fraction of sp³-hybridized carbons (Fsp3) is 0.345. The predicted octanol–water partition coefficient (Wildman–Crippen LogP) is 5.92. The molecule has 1 fully saturated rings. The average molecular weight is 443 g/mol. The van der Waals surface area contributed by atoms with E-state index in [0.29, 0.717) is 6.61 Å². The molecule has 0 N–H and O–H groups in total. The van der Waals surface area contributed by atoms with Crippen LogP contribution < -0.4 is 0 Å². The largest absolute Gasteiger partial charge is 0.448 e. The van der Waals surface area contributed by atoms with Crippen molar-refractivity contribution in [1.82, 2.24) is 9.80 Å². The summed E-state index contributed by atoms with van der Waals surface area (Å²) in [5.74, 6) is 0. The van der Waals surface area contributed by atoms with Crippen molar-refractivity contribution in [3.63, 3.8) is 0 Å². The Bertz CT molecular complexity index is 915. The minimum Gasteiger partial charge on any atom is -0.448 e. The van der Waals surface area contributed by atoms with Crippen LogP contribution in [0, 0.1) is 0 Å². The van der Waals surface area contributed by atoms with E-state index >= 15 is 0 Å². The van der Waals surface area contributed by atoms with Gasteiger partial charge in [0.2, 0.25) is 0 Å². The Kier molecular flexibility index (Phi) is 8.54. The number of carbonyl (C=O) groups is 1. The summed E-state index contributed by atoms with van der Waals surface area (Å²) in [5, 5.41) is 0. The number of hydrogen-bond acceptors (Lipinski definition) is 3. The molecule has 33 heavy (non-hydrogen) atoms. The second-order valence-corrected chi connectivity index (χ2v) is 8.84. The van der Waals surface area contributed by atoms with Gasteiger partial charge >= 0.3 is 6.09 Å². The van der Waals surface area contributed by atoms with E-state index in [1.807, 2.05) is 23.1 Å². The Morgan fingerprint density at radius 2 is 1.21 bits per heavy atom. The first-order chi connectivity index (χ1) is 16.3. The normalized spacial score (nSPS) is 14.8. The van der Waals surface area contributed by atoms with E-state index in [2.05, 4.69) is 77.7 Å². The van der Waals surface area contributed by atoms with Crippen molar-refractivity contribution in [3.8, 4) is 0 Å². The third-order valence-electron chi connectivity index (χ3n) is 6.30. The summed E-state index contributed by atoms with van der Waals surface area (Å²) in [5.41, 5.74) is 3.77. The van der Waals surface area contributed by atoms with Crippen LogP contribution in [0.25, 0.3) is 0 Å². The lowest BCUT2D eigenvalue weighted by Crippen LogP contribution is -2.42. The molecule has 1 aliphatic heterocycles. The van der Waals surface area contributed by atoms with E-state index < -0.39 is 0 Å². The van der Waals surface area contributed by atoms with Gasteiger partial charge in [0.25, 0.3) is 0 Å². The summed E-state index contributed by atoms with van der Waals surface area (Å²) in [7, 11) is 0. The molecule has 3 aromatic carbocycles. The van der Waals surface area contributed by atoms with Crippen molar-refractivity contribution >= 4 is 6.09 Å². The SMILES string of the molecule is O=C(OC[C@H](Cc1ccccc1)N(Cc1ccccc1)Cc1ccccc1)N1CCCCC1. The molecule has 3 aromatic rings. The first-order valence-corrected chi connectivity index (χ1v) is 12.1. The van der Waals surface area contributed by atoms with Gasteiger partial charge in [-0.3, -0.25) is 4.90 Å². The molecule has 172 valence electrons. The first-order valence-electron chi connectivity index (χ1n) is 12.1. The quantitative estimate of drug-likeness (QED) is 0.412. The fourth-order valence-electron chi connectivity index (χ4n) is 4.46. The number of amides is 1. The highest BCUT2D eigenvalue weighted by Crippen LogP contribution is 2.18. The van der Waals surface area contributed by atoms with Crippen LogP contribution in [0.15, 0.2) is 91.0 Å². The molecule has 4 rings (SSSR count). The van der Waals surface area contributed by atoms with Gasteiger partial charge in [0.05, 0.1) is 0 Å². The van der Waals surface area contributed by atoms with Gasteiger partial charge in [0.1, 0.15) is 6.61 Å². The molecule has 0 bridgehead atoms. The fourth-order valence-corrected chi connectivity index (χ4v) is 4.46. The van der Waals surface area contributed by atoms with Crippen molar-refractivity contribution in [3.05, 3.63) is 108 Å². The van der Waals surface area contributed by atoms with Gasteiger partial charge in [-0.2, -0.15) is 0 Å². The third kappa shape index (κ3) is 7.19. The van der Waals surface area contributed by atoms with Crippen molar-refractivity contribution in [1.29, 1.82) is 0 Å². The van der Waals surface area contributed by atoms with Gasteiger partial charge in [-0.1, -0.05) is 91.0 Å². The van der Waals surface area contributed by atoms with Crippen LogP contribution in [0.3, 0.4) is 0 Å². The number of carbonyl (C=O) groups excluding carboxylic acids is 1. The molecule has 4 nitrogen and oxygen atoms in total. The molecule has 0 spiro atoms. The second-order valence-electron chi connectivity index (χ2n) is 8.84. The van der Waals surface area contributed by atoms with E-state index in [-0.39, 0.29) is 12.1 Å². The van der Waals surface area contributed by atoms with Crippen molar-refractivity contribution in [2.75, 3.05) is 19.7 Å². The van der Waals surface area contributed by atoms with Crippen LogP contribution in [0.1, 0.15) is 36.0 Å². The molecule has 1 amide bonds. The lowest BCUT2D eigenvalue weighted by atomic mass is 10.0. The Balaban J connectivity index is 1.54. The van der Waals surface area contributed by atoms with Gasteiger partial charge in [-0.15, -0.1) is 0 Å². The molecule has 0 saturated carbocycles. The van der Waals surface area contributed by atoms with E-state index in [4.69, 9.17) is 4.74 Å². The van der Waals surface area contributed by atoms with Gasteiger partial charge in [0.15, 0.2) is 0 Å². The van der Waals surface area contributed by atoms with Crippen molar-refractivity contribution in [2.24, 2.45) is 0 Å². The maximum Gasteiger partial charge on any atom is 0.409 e. The summed E-state index contributed by atoms with van der Waals surface area (Å²) in [6.07, 6.45) is 3.98. The summed E-state index contributed by atoms with van der Waals surface area (Å²) in [6, 6.07) is 31.7. The van der Waals surface area contributed by atoms with Crippen LogP contribution in [-0.2, 0) is 24.2 Å². The molecule has 1 saturated heterocycles. The summed E-state index contributed by atoms with van der Waals surface area (Å²) in [4.78, 5) is 17.1. The molecule has 4 heteroatoms. The van der Waals surface area contributed by atoms with Crippen LogP contribution in [0.2, 0.25) is 0 Å². The topological polar surface area (TPSA) is 32.8 Å². The van der Waals surface area contributed by atoms with Gasteiger partial charge in [0, 0.05) is 32.2 Å². The van der Waals surface area contributed by atoms with Gasteiger partial charge in [-0.05, 0) is 42.4 Å². The monoisotopic (exact) mass is 442 g/mol. The van der Waals surface area contributed by atoms with Crippen molar-refractivity contribution < 1.29 is 9.53 Å². The highest BCUT2D eigenvalue weighted by molar-refractivity contribution is 5.67. The molecule has 0 radical (unpaired) electrons. The van der Waals surface area contributed by atoms with Crippen molar-refractivity contribution in [2.45, 2.75) is 44.8 Å². The zero-order valence-corrected chi connectivity index (χ0v) is 19.3. The molecule has 0 aliphatic carbocycles. The minimum atomic E-state index is -0.174. The maximum atomic E-state index is 12.8. The number of piperidine rings is 1. The standard InChI is InChI=1S/C29H34N2O2/c32-29(30-19-11-4-12-20-30)33-24-28(21-25-13-5-1-6-14-25)31(22-26-15-7-2-8-16-26)23-27-17-9-3-10-18-27/h1-3,5-10,13-18,28H,4,11-12,19-24H2/t28-/m0/s1. The molecular weight excluding hydrogens is 408 g/mol. The number of likely N-dealkylation sites (tertiary alicyclic amines) is 1. The van der Waals surface area contributed by atoms with E-state index in [1.54, 1.807) is 0 Å². The molecule has 0 unspecified atom stereocenters. The number of rotatable bonds is 9. The third-order valence-corrected chi connectivity index (χ3v) is 6.30. The van der Waals surface area contributed by atoms with Gasteiger partial charge in [-0.25, -0.2) is 4.79 Å². The molecule has 1 heterocycles. The van der Waals surface area contributed by atoms with E-state index in [0.717, 1.165) is 45.4 Å². The van der Waals surface area contributed by atoms with Crippen LogP contribution in [-0.4, -0.2) is 41.6 Å². The van der Waals surface area contributed by atoms with Gasteiger partial charge < -0.3 is 9.64 Å². The molecular formula is C29H34N2O2. The summed E-state index contributed by atoms with van der Waals surface area (Å²) >= 11 is 0. The highest BCUT2D eigenvalue weighted by atomic mass is 16.6. The van der Waals surface area contributed by atoms with E-state index in [1.165, 1.54) is 23.1 Å². The molecule has 1 aliphatic rings. The van der Waals surface area contributed by atoms with Crippen LogP contribution in [0.4, 0.5) is 4.79 Å². The Morgan fingerprint density at radius 3 is 1.73 bits per heavy atom.